The van der Waals surface area contributed by atoms with E-state index in [2.05, 4.69) is 4.98 Å². The standard InChI is InChI=1S/C15H16FN3O2S/c16-11-4-2-1-3-10(11)13-8-19(5-6-21-13)15(20)12-9-22-14(7-17)18-12/h1-4,9,13H,5-8,17H2. The largest absolute Gasteiger partial charge is 0.370 e. The lowest BCUT2D eigenvalue weighted by Crippen LogP contribution is -2.42. The molecule has 3 rings (SSSR count). The van der Waals surface area contributed by atoms with Crippen LogP contribution in [0.25, 0.3) is 0 Å². The summed E-state index contributed by atoms with van der Waals surface area (Å²) in [6.45, 7) is 1.48. The number of ether oxygens (including phenoxy) is 1. The summed E-state index contributed by atoms with van der Waals surface area (Å²) in [6, 6.07) is 6.47. The monoisotopic (exact) mass is 321 g/mol. The molecule has 1 aromatic carbocycles. The fourth-order valence-electron chi connectivity index (χ4n) is 2.42. The first-order valence-corrected chi connectivity index (χ1v) is 7.86. The summed E-state index contributed by atoms with van der Waals surface area (Å²) in [7, 11) is 0. The third-order valence-corrected chi connectivity index (χ3v) is 4.42. The van der Waals surface area contributed by atoms with Crippen molar-refractivity contribution < 1.29 is 13.9 Å². The second kappa shape index (κ2) is 6.51. The van der Waals surface area contributed by atoms with E-state index in [0.29, 0.717) is 37.5 Å². The van der Waals surface area contributed by atoms with Gasteiger partial charge in [-0.15, -0.1) is 11.3 Å². The highest BCUT2D eigenvalue weighted by Crippen LogP contribution is 2.25. The quantitative estimate of drug-likeness (QED) is 0.938. The zero-order valence-corrected chi connectivity index (χ0v) is 12.7. The minimum absolute atomic E-state index is 0.166. The number of nitrogens with zero attached hydrogens (tertiary/aromatic N) is 2. The van der Waals surface area contributed by atoms with Gasteiger partial charge in [-0.1, -0.05) is 18.2 Å². The molecule has 0 spiro atoms. The molecule has 1 aromatic heterocycles. The molecule has 5 nitrogen and oxygen atoms in total. The maximum Gasteiger partial charge on any atom is 0.273 e. The van der Waals surface area contributed by atoms with Crippen LogP contribution in [0.1, 0.15) is 27.2 Å². The predicted molar refractivity (Wildman–Crippen MR) is 81.0 cm³/mol. The second-order valence-electron chi connectivity index (χ2n) is 4.96. The van der Waals surface area contributed by atoms with Crippen molar-refractivity contribution in [2.75, 3.05) is 19.7 Å². The third kappa shape index (κ3) is 3.01. The summed E-state index contributed by atoms with van der Waals surface area (Å²) in [5.41, 5.74) is 6.38. The minimum Gasteiger partial charge on any atom is -0.370 e. The molecule has 1 atom stereocenters. The maximum absolute atomic E-state index is 13.9. The molecule has 1 fully saturated rings. The number of carbonyl (C=O) groups excluding carboxylic acids is 1. The van der Waals surface area contributed by atoms with Crippen LogP contribution < -0.4 is 5.73 Å². The van der Waals surface area contributed by atoms with Crippen LogP contribution in [-0.4, -0.2) is 35.5 Å². The van der Waals surface area contributed by atoms with Crippen LogP contribution in [0.2, 0.25) is 0 Å². The summed E-state index contributed by atoms with van der Waals surface area (Å²) in [5.74, 6) is -0.485. The second-order valence-corrected chi connectivity index (χ2v) is 5.91. The van der Waals surface area contributed by atoms with Gasteiger partial charge in [-0.2, -0.15) is 0 Å². The number of morpholine rings is 1. The van der Waals surface area contributed by atoms with Gasteiger partial charge in [-0.25, -0.2) is 9.37 Å². The molecule has 0 bridgehead atoms. The Morgan fingerprint density at radius 1 is 1.50 bits per heavy atom. The van der Waals surface area contributed by atoms with Gasteiger partial charge in [0.15, 0.2) is 0 Å². The first kappa shape index (κ1) is 15.1. The van der Waals surface area contributed by atoms with E-state index in [0.717, 1.165) is 5.01 Å². The van der Waals surface area contributed by atoms with E-state index in [1.165, 1.54) is 17.4 Å². The lowest BCUT2D eigenvalue weighted by atomic mass is 10.1. The predicted octanol–water partition coefficient (Wildman–Crippen LogP) is 1.95. The van der Waals surface area contributed by atoms with E-state index in [1.54, 1.807) is 28.5 Å². The van der Waals surface area contributed by atoms with Gasteiger partial charge in [0.2, 0.25) is 0 Å². The number of hydrogen-bond acceptors (Lipinski definition) is 5. The van der Waals surface area contributed by atoms with E-state index < -0.39 is 6.10 Å². The lowest BCUT2D eigenvalue weighted by Gasteiger charge is -2.32. The zero-order valence-electron chi connectivity index (χ0n) is 11.9. The number of nitrogens with two attached hydrogens (primary N) is 1. The number of aromatic nitrogens is 1. The van der Waals surface area contributed by atoms with Crippen molar-refractivity contribution in [1.29, 1.82) is 0 Å². The number of benzene rings is 1. The average Bonchev–Trinajstić information content (AvgIpc) is 3.04. The van der Waals surface area contributed by atoms with E-state index in [9.17, 15) is 9.18 Å². The Balaban J connectivity index is 1.75. The Hall–Kier alpha value is -1.83. The molecule has 1 aliphatic heterocycles. The smallest absolute Gasteiger partial charge is 0.273 e. The van der Waals surface area contributed by atoms with Gasteiger partial charge in [0.05, 0.1) is 13.2 Å². The lowest BCUT2D eigenvalue weighted by molar-refractivity contribution is -0.0244. The van der Waals surface area contributed by atoms with Crippen molar-refractivity contribution in [2.24, 2.45) is 5.73 Å². The summed E-state index contributed by atoms with van der Waals surface area (Å²) >= 11 is 1.37. The number of amides is 1. The van der Waals surface area contributed by atoms with Gasteiger partial charge in [-0.05, 0) is 6.07 Å². The van der Waals surface area contributed by atoms with E-state index >= 15 is 0 Å². The highest BCUT2D eigenvalue weighted by molar-refractivity contribution is 7.09. The molecule has 1 amide bonds. The fourth-order valence-corrected chi connectivity index (χ4v) is 3.07. The van der Waals surface area contributed by atoms with Gasteiger partial charge in [-0.3, -0.25) is 4.79 Å². The SMILES string of the molecule is NCc1nc(C(=O)N2CCOC(c3ccccc3F)C2)cs1. The highest BCUT2D eigenvalue weighted by Gasteiger charge is 2.28. The minimum atomic E-state index is -0.452. The Labute approximate surface area is 131 Å². The number of halogens is 1. The van der Waals surface area contributed by atoms with Crippen LogP contribution in [0, 0.1) is 5.82 Å². The first-order chi connectivity index (χ1) is 10.7. The maximum atomic E-state index is 13.9. The zero-order chi connectivity index (χ0) is 15.5. The molecule has 7 heteroatoms. The van der Waals surface area contributed by atoms with Gasteiger partial charge < -0.3 is 15.4 Å². The van der Waals surface area contributed by atoms with Crippen LogP contribution >= 0.6 is 11.3 Å². The van der Waals surface area contributed by atoms with Gasteiger partial charge in [0, 0.05) is 24.0 Å². The van der Waals surface area contributed by atoms with Crippen LogP contribution in [0.3, 0.4) is 0 Å². The van der Waals surface area contributed by atoms with Gasteiger partial charge >= 0.3 is 0 Å². The van der Waals surface area contributed by atoms with Crippen LogP contribution in [0.4, 0.5) is 4.39 Å². The van der Waals surface area contributed by atoms with E-state index in [1.807, 2.05) is 0 Å². The Morgan fingerprint density at radius 2 is 2.32 bits per heavy atom. The highest BCUT2D eigenvalue weighted by atomic mass is 32.1. The van der Waals surface area contributed by atoms with Crippen molar-refractivity contribution in [3.05, 3.63) is 51.7 Å². The van der Waals surface area contributed by atoms with E-state index in [4.69, 9.17) is 10.5 Å². The topological polar surface area (TPSA) is 68.5 Å². The molecule has 0 saturated carbocycles. The number of hydrogen-bond donors (Lipinski definition) is 1. The fraction of sp³-hybridized carbons (Fsp3) is 0.333. The first-order valence-electron chi connectivity index (χ1n) is 6.99. The van der Waals surface area contributed by atoms with Crippen LogP contribution in [0.5, 0.6) is 0 Å². The normalized spacial score (nSPS) is 18.5. The summed E-state index contributed by atoms with van der Waals surface area (Å²) in [5, 5.41) is 2.43. The molecular formula is C15H16FN3O2S. The van der Waals surface area contributed by atoms with Crippen LogP contribution in [0.15, 0.2) is 29.6 Å². The molecule has 2 N–H and O–H groups in total. The molecule has 2 aromatic rings. The van der Waals surface area contributed by atoms with Crippen molar-refractivity contribution in [1.82, 2.24) is 9.88 Å². The Kier molecular flexibility index (Phi) is 4.47. The summed E-state index contributed by atoms with van der Waals surface area (Å²) in [6.07, 6.45) is -0.452. The molecular weight excluding hydrogens is 305 g/mol. The molecule has 2 heterocycles. The molecule has 1 unspecified atom stereocenters. The molecule has 1 saturated heterocycles. The summed E-state index contributed by atoms with van der Waals surface area (Å²) < 4.78 is 19.5. The van der Waals surface area contributed by atoms with Crippen molar-refractivity contribution in [2.45, 2.75) is 12.6 Å². The molecule has 0 radical (unpaired) electrons. The summed E-state index contributed by atoms with van der Waals surface area (Å²) in [4.78, 5) is 18.3. The van der Waals surface area contributed by atoms with E-state index in [-0.39, 0.29) is 11.7 Å². The van der Waals surface area contributed by atoms with Crippen molar-refractivity contribution in [3.63, 3.8) is 0 Å². The van der Waals surface area contributed by atoms with Crippen molar-refractivity contribution >= 4 is 17.2 Å². The van der Waals surface area contributed by atoms with Crippen molar-refractivity contribution in [3.8, 4) is 0 Å². The molecule has 0 aliphatic carbocycles. The molecule has 22 heavy (non-hydrogen) atoms. The van der Waals surface area contributed by atoms with Gasteiger partial charge in [0.25, 0.3) is 5.91 Å². The number of carbonyl (C=O) groups is 1. The average molecular weight is 321 g/mol. The van der Waals surface area contributed by atoms with Crippen LogP contribution in [-0.2, 0) is 11.3 Å². The molecule has 1 aliphatic rings. The number of thiazole rings is 1. The van der Waals surface area contributed by atoms with Gasteiger partial charge in [0.1, 0.15) is 22.6 Å². The molecule has 116 valence electrons. The third-order valence-electron chi connectivity index (χ3n) is 3.55. The Morgan fingerprint density at radius 3 is 3.05 bits per heavy atom. The Bertz CT molecular complexity index is 676. The number of rotatable bonds is 3.